The van der Waals surface area contributed by atoms with Crippen molar-refractivity contribution in [3.8, 4) is 17.4 Å². The highest BCUT2D eigenvalue weighted by Crippen LogP contribution is 2.29. The molecule has 1 aliphatic rings. The molecule has 0 N–H and O–H groups in total. The molecule has 0 unspecified atom stereocenters. The van der Waals surface area contributed by atoms with Gasteiger partial charge in [0.15, 0.2) is 5.56 Å². The number of piperazine rings is 1. The number of anilines is 2. The minimum Gasteiger partial charge on any atom is -0.422 e. The molecule has 3 aromatic rings. The minimum absolute atomic E-state index is 0.0471. The molecule has 0 aliphatic carbocycles. The van der Waals surface area contributed by atoms with Gasteiger partial charge in [-0.3, -0.25) is 0 Å². The molecule has 140 valence electrons. The zero-order valence-electron chi connectivity index (χ0n) is 15.1. The van der Waals surface area contributed by atoms with Crippen molar-refractivity contribution in [2.75, 3.05) is 36.0 Å². The molecule has 0 amide bonds. The molecular weight excluding hydrogens is 374 g/mol. The number of nitrogens with zero attached hydrogens (tertiary/aromatic N) is 3. The van der Waals surface area contributed by atoms with Crippen molar-refractivity contribution in [2.45, 2.75) is 0 Å². The van der Waals surface area contributed by atoms with Crippen LogP contribution in [0.4, 0.5) is 11.4 Å². The Morgan fingerprint density at radius 2 is 1.50 bits per heavy atom. The third kappa shape index (κ3) is 3.47. The van der Waals surface area contributed by atoms with E-state index in [1.54, 1.807) is 6.07 Å². The summed E-state index contributed by atoms with van der Waals surface area (Å²) in [6.07, 6.45) is 0. The van der Waals surface area contributed by atoms with E-state index >= 15 is 0 Å². The van der Waals surface area contributed by atoms with Crippen LogP contribution in [0.25, 0.3) is 11.3 Å². The number of nitriles is 1. The van der Waals surface area contributed by atoms with E-state index < -0.39 is 5.63 Å². The number of rotatable bonds is 3. The highest BCUT2D eigenvalue weighted by atomic mass is 35.5. The van der Waals surface area contributed by atoms with Gasteiger partial charge in [-0.25, -0.2) is 4.79 Å². The fraction of sp³-hybridized carbons (Fsp3) is 0.182. The summed E-state index contributed by atoms with van der Waals surface area (Å²) in [5.74, 6) is 0.466. The second kappa shape index (κ2) is 7.79. The van der Waals surface area contributed by atoms with E-state index in [0.29, 0.717) is 24.5 Å². The van der Waals surface area contributed by atoms with Crippen LogP contribution >= 0.6 is 11.6 Å². The monoisotopic (exact) mass is 391 g/mol. The van der Waals surface area contributed by atoms with Gasteiger partial charge in [-0.05, 0) is 12.1 Å². The average Bonchev–Trinajstić information content (AvgIpc) is 2.74. The Hall–Kier alpha value is -3.23. The maximum Gasteiger partial charge on any atom is 0.356 e. The first kappa shape index (κ1) is 18.1. The quantitative estimate of drug-likeness (QED) is 0.671. The second-order valence-electron chi connectivity index (χ2n) is 6.56. The smallest absolute Gasteiger partial charge is 0.356 e. The summed E-state index contributed by atoms with van der Waals surface area (Å²) in [6.45, 7) is 2.85. The van der Waals surface area contributed by atoms with E-state index in [9.17, 15) is 10.1 Å². The zero-order valence-corrected chi connectivity index (χ0v) is 15.9. The van der Waals surface area contributed by atoms with Crippen LogP contribution in [0.2, 0.25) is 5.02 Å². The molecule has 0 bridgehead atoms. The predicted molar refractivity (Wildman–Crippen MR) is 111 cm³/mol. The van der Waals surface area contributed by atoms with Crippen molar-refractivity contribution >= 4 is 23.0 Å². The molecule has 1 aromatic heterocycles. The van der Waals surface area contributed by atoms with Crippen molar-refractivity contribution in [3.05, 3.63) is 81.7 Å². The van der Waals surface area contributed by atoms with Crippen LogP contribution in [0.3, 0.4) is 0 Å². The van der Waals surface area contributed by atoms with E-state index in [4.69, 9.17) is 16.0 Å². The van der Waals surface area contributed by atoms with Crippen molar-refractivity contribution in [3.63, 3.8) is 0 Å². The van der Waals surface area contributed by atoms with Crippen molar-refractivity contribution in [1.82, 2.24) is 0 Å². The maximum absolute atomic E-state index is 12.4. The zero-order chi connectivity index (χ0) is 19.5. The molecular formula is C22H18ClN3O2. The molecule has 0 spiro atoms. The Bertz CT molecular complexity index is 1080. The molecule has 0 saturated carbocycles. The molecule has 1 aliphatic heterocycles. The van der Waals surface area contributed by atoms with Crippen LogP contribution in [0.5, 0.6) is 0 Å². The van der Waals surface area contributed by atoms with E-state index in [0.717, 1.165) is 29.4 Å². The normalized spacial score (nSPS) is 14.0. The van der Waals surface area contributed by atoms with Crippen LogP contribution in [-0.2, 0) is 0 Å². The standard InChI is InChI=1S/C22H18ClN3O2/c23-18-8-4-5-9-19(18)25-10-12-26(13-11-25)20-14-21(16-6-2-1-3-7-16)28-22(27)17(20)15-24/h1-9,14H,10-13H2. The summed E-state index contributed by atoms with van der Waals surface area (Å²) in [4.78, 5) is 16.7. The number of benzene rings is 2. The van der Waals surface area contributed by atoms with Gasteiger partial charge >= 0.3 is 5.63 Å². The Morgan fingerprint density at radius 3 is 2.14 bits per heavy atom. The Morgan fingerprint density at radius 1 is 0.893 bits per heavy atom. The summed E-state index contributed by atoms with van der Waals surface area (Å²) in [5.41, 5.74) is 1.87. The van der Waals surface area contributed by atoms with E-state index in [2.05, 4.69) is 9.80 Å². The lowest BCUT2D eigenvalue weighted by atomic mass is 10.1. The summed E-state index contributed by atoms with van der Waals surface area (Å²) in [7, 11) is 0. The predicted octanol–water partition coefficient (Wildman–Crippen LogP) is 4.16. The van der Waals surface area contributed by atoms with Gasteiger partial charge in [-0.2, -0.15) is 5.26 Å². The van der Waals surface area contributed by atoms with Crippen LogP contribution < -0.4 is 15.4 Å². The van der Waals surface area contributed by atoms with Gasteiger partial charge in [0.05, 0.1) is 16.4 Å². The average molecular weight is 392 g/mol. The van der Waals surface area contributed by atoms with Gasteiger partial charge in [-0.15, -0.1) is 0 Å². The molecule has 1 saturated heterocycles. The van der Waals surface area contributed by atoms with Crippen LogP contribution in [0.1, 0.15) is 5.56 Å². The molecule has 2 heterocycles. The molecule has 0 radical (unpaired) electrons. The SMILES string of the molecule is N#Cc1c(N2CCN(c3ccccc3Cl)CC2)cc(-c2ccccc2)oc1=O. The molecule has 4 rings (SSSR count). The Kier molecular flexibility index (Phi) is 5.05. The summed E-state index contributed by atoms with van der Waals surface area (Å²) in [5, 5.41) is 10.2. The Balaban J connectivity index is 1.63. The molecule has 2 aromatic carbocycles. The Labute approximate surface area is 168 Å². The van der Waals surface area contributed by atoms with E-state index in [1.807, 2.05) is 60.7 Å². The fourth-order valence-electron chi connectivity index (χ4n) is 3.47. The van der Waals surface area contributed by atoms with Crippen molar-refractivity contribution in [1.29, 1.82) is 5.26 Å². The minimum atomic E-state index is -0.604. The molecule has 5 nitrogen and oxygen atoms in total. The lowest BCUT2D eigenvalue weighted by Gasteiger charge is -2.37. The van der Waals surface area contributed by atoms with Gasteiger partial charge in [0.25, 0.3) is 0 Å². The summed E-state index contributed by atoms with van der Waals surface area (Å²) in [6, 6.07) is 21.0. The first-order chi connectivity index (χ1) is 13.7. The first-order valence-electron chi connectivity index (χ1n) is 9.05. The molecule has 1 fully saturated rings. The number of halogens is 1. The lowest BCUT2D eigenvalue weighted by molar-refractivity contribution is 0.521. The highest BCUT2D eigenvalue weighted by molar-refractivity contribution is 6.33. The van der Waals surface area contributed by atoms with Crippen LogP contribution in [0, 0.1) is 11.3 Å². The first-order valence-corrected chi connectivity index (χ1v) is 9.43. The van der Waals surface area contributed by atoms with Crippen molar-refractivity contribution in [2.24, 2.45) is 0 Å². The van der Waals surface area contributed by atoms with E-state index in [1.165, 1.54) is 0 Å². The van der Waals surface area contributed by atoms with Crippen molar-refractivity contribution < 1.29 is 4.42 Å². The number of hydrogen-bond acceptors (Lipinski definition) is 5. The number of para-hydroxylation sites is 1. The third-order valence-electron chi connectivity index (χ3n) is 4.91. The van der Waals surface area contributed by atoms with Crippen LogP contribution in [-0.4, -0.2) is 26.2 Å². The van der Waals surface area contributed by atoms with Gasteiger partial charge in [0.2, 0.25) is 0 Å². The highest BCUT2D eigenvalue weighted by Gasteiger charge is 2.23. The summed E-state index contributed by atoms with van der Waals surface area (Å²) < 4.78 is 5.39. The maximum atomic E-state index is 12.4. The summed E-state index contributed by atoms with van der Waals surface area (Å²) >= 11 is 6.32. The van der Waals surface area contributed by atoms with Gasteiger partial charge in [0.1, 0.15) is 11.8 Å². The topological polar surface area (TPSA) is 60.5 Å². The fourth-order valence-corrected chi connectivity index (χ4v) is 3.73. The lowest BCUT2D eigenvalue weighted by Crippen LogP contribution is -2.47. The van der Waals surface area contributed by atoms with Gasteiger partial charge < -0.3 is 14.2 Å². The molecule has 0 atom stereocenters. The molecule has 28 heavy (non-hydrogen) atoms. The van der Waals surface area contributed by atoms with Gasteiger partial charge in [-0.1, -0.05) is 54.1 Å². The van der Waals surface area contributed by atoms with Gasteiger partial charge in [0, 0.05) is 37.8 Å². The number of hydrogen-bond donors (Lipinski definition) is 0. The second-order valence-corrected chi connectivity index (χ2v) is 6.97. The van der Waals surface area contributed by atoms with E-state index in [-0.39, 0.29) is 5.56 Å². The largest absolute Gasteiger partial charge is 0.422 e. The molecule has 6 heteroatoms. The van der Waals surface area contributed by atoms with Crippen LogP contribution in [0.15, 0.2) is 69.9 Å². The third-order valence-corrected chi connectivity index (χ3v) is 5.23.